The first kappa shape index (κ1) is 19.2. The van der Waals surface area contributed by atoms with Crippen molar-refractivity contribution in [2.24, 2.45) is 0 Å². The Balaban J connectivity index is 1.53. The molecule has 1 aliphatic rings. The van der Waals surface area contributed by atoms with E-state index in [9.17, 15) is 9.59 Å². The molecule has 1 N–H and O–H groups in total. The average Bonchev–Trinajstić information content (AvgIpc) is 3.03. The van der Waals surface area contributed by atoms with Gasteiger partial charge in [-0.3, -0.25) is 14.5 Å². The average molecular weight is 373 g/mol. The van der Waals surface area contributed by atoms with Crippen LogP contribution in [0.4, 0.5) is 0 Å². The number of piperazine rings is 1. The third kappa shape index (κ3) is 4.80. The van der Waals surface area contributed by atoms with Crippen LogP contribution in [0, 0.1) is 0 Å². The predicted octanol–water partition coefficient (Wildman–Crippen LogP) is 1.65. The molecule has 1 aromatic heterocycles. The zero-order valence-electron chi connectivity index (χ0n) is 16.2. The molecule has 2 heterocycles. The van der Waals surface area contributed by atoms with Gasteiger partial charge in [0.05, 0.1) is 26.3 Å². The largest absolute Gasteiger partial charge is 0.497 e. The minimum Gasteiger partial charge on any atom is -0.497 e. The third-order valence-corrected chi connectivity index (χ3v) is 4.75. The van der Waals surface area contributed by atoms with Crippen molar-refractivity contribution in [3.63, 3.8) is 0 Å². The van der Waals surface area contributed by atoms with Crippen LogP contribution >= 0.6 is 0 Å². The van der Waals surface area contributed by atoms with Crippen LogP contribution in [-0.2, 0) is 16.0 Å². The molecule has 0 aliphatic carbocycles. The number of carbonyl (C=O) groups excluding carboxylic acids is 2. The van der Waals surface area contributed by atoms with Crippen LogP contribution in [-0.4, -0.2) is 67.5 Å². The van der Waals surface area contributed by atoms with Crippen molar-refractivity contribution in [2.75, 3.05) is 39.8 Å². The number of nitrogens with zero attached hydrogens (tertiary/aromatic N) is 2. The van der Waals surface area contributed by atoms with Crippen LogP contribution in [0.15, 0.2) is 28.9 Å². The number of amides is 2. The Labute approximate surface area is 159 Å². The van der Waals surface area contributed by atoms with Crippen LogP contribution in [0.25, 0.3) is 11.0 Å². The maximum Gasteiger partial charge on any atom is 0.234 e. The van der Waals surface area contributed by atoms with E-state index in [1.165, 1.54) is 0 Å². The van der Waals surface area contributed by atoms with Crippen molar-refractivity contribution in [3.8, 4) is 5.75 Å². The van der Waals surface area contributed by atoms with Crippen LogP contribution < -0.4 is 10.1 Å². The SMILES string of the molecule is COc1ccc2c(CC(=O)N3CCN(CC(=O)NC(C)C)CC3)coc2c1. The van der Waals surface area contributed by atoms with Gasteiger partial charge < -0.3 is 19.4 Å². The van der Waals surface area contributed by atoms with E-state index in [1.54, 1.807) is 13.4 Å². The van der Waals surface area contributed by atoms with E-state index in [0.717, 1.165) is 22.3 Å². The van der Waals surface area contributed by atoms with Gasteiger partial charge in [-0.2, -0.15) is 0 Å². The smallest absolute Gasteiger partial charge is 0.234 e. The Hall–Kier alpha value is -2.54. The third-order valence-electron chi connectivity index (χ3n) is 4.75. The summed E-state index contributed by atoms with van der Waals surface area (Å²) in [7, 11) is 1.61. The summed E-state index contributed by atoms with van der Waals surface area (Å²) in [6, 6.07) is 5.76. The molecule has 1 aromatic carbocycles. The molecule has 27 heavy (non-hydrogen) atoms. The summed E-state index contributed by atoms with van der Waals surface area (Å²) in [4.78, 5) is 28.5. The zero-order valence-corrected chi connectivity index (χ0v) is 16.2. The number of hydrogen-bond acceptors (Lipinski definition) is 5. The lowest BCUT2D eigenvalue weighted by Gasteiger charge is -2.34. The Morgan fingerprint density at radius 1 is 1.22 bits per heavy atom. The van der Waals surface area contributed by atoms with E-state index < -0.39 is 0 Å². The van der Waals surface area contributed by atoms with E-state index in [0.29, 0.717) is 39.1 Å². The predicted molar refractivity (Wildman–Crippen MR) is 103 cm³/mol. The molecule has 1 saturated heterocycles. The number of rotatable bonds is 6. The van der Waals surface area contributed by atoms with Gasteiger partial charge in [-0.1, -0.05) is 0 Å². The second-order valence-corrected chi connectivity index (χ2v) is 7.18. The highest BCUT2D eigenvalue weighted by Gasteiger charge is 2.23. The molecule has 0 spiro atoms. The van der Waals surface area contributed by atoms with E-state index >= 15 is 0 Å². The zero-order chi connectivity index (χ0) is 19.4. The summed E-state index contributed by atoms with van der Waals surface area (Å²) >= 11 is 0. The number of benzene rings is 1. The molecule has 7 nitrogen and oxygen atoms in total. The fraction of sp³-hybridized carbons (Fsp3) is 0.500. The van der Waals surface area contributed by atoms with E-state index in [1.807, 2.05) is 36.9 Å². The number of fused-ring (bicyclic) bond motifs is 1. The van der Waals surface area contributed by atoms with Crippen molar-refractivity contribution in [2.45, 2.75) is 26.3 Å². The maximum atomic E-state index is 12.7. The van der Waals surface area contributed by atoms with Gasteiger partial charge in [0.2, 0.25) is 11.8 Å². The monoisotopic (exact) mass is 373 g/mol. The summed E-state index contributed by atoms with van der Waals surface area (Å²) in [6.45, 7) is 6.97. The molecule has 0 atom stereocenters. The highest BCUT2D eigenvalue weighted by molar-refractivity contribution is 5.88. The normalized spacial score (nSPS) is 15.3. The van der Waals surface area contributed by atoms with Crippen molar-refractivity contribution in [3.05, 3.63) is 30.0 Å². The van der Waals surface area contributed by atoms with Gasteiger partial charge in [0.1, 0.15) is 11.3 Å². The Morgan fingerprint density at radius 2 is 1.96 bits per heavy atom. The molecule has 1 fully saturated rings. The maximum absolute atomic E-state index is 12.7. The molecule has 1 aliphatic heterocycles. The summed E-state index contributed by atoms with van der Waals surface area (Å²) in [5.74, 6) is 0.845. The summed E-state index contributed by atoms with van der Waals surface area (Å²) in [6.07, 6.45) is 1.96. The number of hydrogen-bond donors (Lipinski definition) is 1. The highest BCUT2D eigenvalue weighted by Crippen LogP contribution is 2.26. The fourth-order valence-electron chi connectivity index (χ4n) is 3.33. The van der Waals surface area contributed by atoms with Crippen LogP contribution in [0.5, 0.6) is 5.75 Å². The van der Waals surface area contributed by atoms with Gasteiger partial charge >= 0.3 is 0 Å². The fourth-order valence-corrected chi connectivity index (χ4v) is 3.33. The first-order chi connectivity index (χ1) is 13.0. The number of ether oxygens (including phenoxy) is 1. The van der Waals surface area contributed by atoms with Crippen LogP contribution in [0.3, 0.4) is 0 Å². The summed E-state index contributed by atoms with van der Waals surface area (Å²) < 4.78 is 10.8. The van der Waals surface area contributed by atoms with Crippen molar-refractivity contribution >= 4 is 22.8 Å². The van der Waals surface area contributed by atoms with Gasteiger partial charge in [0.25, 0.3) is 0 Å². The Morgan fingerprint density at radius 3 is 2.63 bits per heavy atom. The molecule has 0 saturated carbocycles. The standard InChI is InChI=1S/C20H27N3O4/c1-14(2)21-19(24)12-22-6-8-23(9-7-22)20(25)10-15-13-27-18-11-16(26-3)4-5-17(15)18/h4-5,11,13-14H,6-10,12H2,1-3H3,(H,21,24). The lowest BCUT2D eigenvalue weighted by atomic mass is 10.1. The molecule has 0 bridgehead atoms. The number of methoxy groups -OCH3 is 1. The topological polar surface area (TPSA) is 75.0 Å². The number of carbonyl (C=O) groups is 2. The summed E-state index contributed by atoms with van der Waals surface area (Å²) in [5, 5.41) is 3.84. The molecule has 3 rings (SSSR count). The lowest BCUT2D eigenvalue weighted by molar-refractivity contribution is -0.132. The molecule has 2 aromatic rings. The van der Waals surface area contributed by atoms with Crippen molar-refractivity contribution < 1.29 is 18.7 Å². The molecule has 0 radical (unpaired) electrons. The Kier molecular flexibility index (Phi) is 6.01. The lowest BCUT2D eigenvalue weighted by Crippen LogP contribution is -2.51. The molecule has 7 heteroatoms. The minimum absolute atomic E-state index is 0.0325. The molecular weight excluding hydrogens is 346 g/mol. The first-order valence-corrected chi connectivity index (χ1v) is 9.30. The van der Waals surface area contributed by atoms with Crippen molar-refractivity contribution in [1.29, 1.82) is 0 Å². The molecule has 0 unspecified atom stereocenters. The van der Waals surface area contributed by atoms with Gasteiger partial charge in [0.15, 0.2) is 0 Å². The van der Waals surface area contributed by atoms with E-state index in [4.69, 9.17) is 9.15 Å². The molecular formula is C20H27N3O4. The second kappa shape index (κ2) is 8.43. The number of nitrogens with one attached hydrogen (secondary N) is 1. The van der Waals surface area contributed by atoms with Gasteiger partial charge in [-0.15, -0.1) is 0 Å². The van der Waals surface area contributed by atoms with Crippen molar-refractivity contribution in [1.82, 2.24) is 15.1 Å². The van der Waals surface area contributed by atoms with Crippen LogP contribution in [0.2, 0.25) is 0 Å². The second-order valence-electron chi connectivity index (χ2n) is 7.18. The first-order valence-electron chi connectivity index (χ1n) is 9.30. The van der Waals surface area contributed by atoms with Crippen LogP contribution in [0.1, 0.15) is 19.4 Å². The van der Waals surface area contributed by atoms with Gasteiger partial charge in [0, 0.05) is 49.2 Å². The highest BCUT2D eigenvalue weighted by atomic mass is 16.5. The van der Waals surface area contributed by atoms with Gasteiger partial charge in [-0.25, -0.2) is 0 Å². The number of furan rings is 1. The van der Waals surface area contributed by atoms with E-state index in [2.05, 4.69) is 10.2 Å². The van der Waals surface area contributed by atoms with E-state index in [-0.39, 0.29) is 17.9 Å². The minimum atomic E-state index is 0.0325. The van der Waals surface area contributed by atoms with Gasteiger partial charge in [-0.05, 0) is 26.0 Å². The summed E-state index contributed by atoms with van der Waals surface area (Å²) in [5.41, 5.74) is 1.61. The Bertz CT molecular complexity index is 807. The molecule has 146 valence electrons. The molecule has 2 amide bonds. The quantitative estimate of drug-likeness (QED) is 0.833.